The van der Waals surface area contributed by atoms with Crippen molar-refractivity contribution in [1.29, 1.82) is 0 Å². The molecule has 1 heterocycles. The second-order valence-electron chi connectivity index (χ2n) is 4.77. The third-order valence-corrected chi connectivity index (χ3v) is 3.01. The normalized spacial score (nSPS) is 10.4. The predicted molar refractivity (Wildman–Crippen MR) is 81.3 cm³/mol. The molecule has 0 aliphatic carbocycles. The van der Waals surface area contributed by atoms with Crippen molar-refractivity contribution in [3.05, 3.63) is 65.1 Å². The summed E-state index contributed by atoms with van der Waals surface area (Å²) in [6, 6.07) is 6.98. The molecule has 0 fully saturated rings. The molecule has 0 amide bonds. The van der Waals surface area contributed by atoms with Gasteiger partial charge in [-0.2, -0.15) is 0 Å². The van der Waals surface area contributed by atoms with Gasteiger partial charge in [-0.3, -0.25) is 0 Å². The van der Waals surface area contributed by atoms with Crippen molar-refractivity contribution in [2.24, 2.45) is 0 Å². The molecule has 0 spiro atoms. The fourth-order valence-electron chi connectivity index (χ4n) is 2.03. The smallest absolute Gasteiger partial charge is 0.336 e. The van der Waals surface area contributed by atoms with Crippen molar-refractivity contribution in [2.75, 3.05) is 6.61 Å². The Morgan fingerprint density at radius 1 is 1.35 bits per heavy atom. The molecule has 0 aliphatic rings. The van der Waals surface area contributed by atoms with Crippen LogP contribution >= 0.6 is 0 Å². The van der Waals surface area contributed by atoms with Crippen LogP contribution in [0.25, 0.3) is 11.0 Å². The zero-order valence-electron chi connectivity index (χ0n) is 11.6. The Balaban J connectivity index is 2.53. The Kier molecular flexibility index (Phi) is 4.41. The maximum absolute atomic E-state index is 11.5. The van der Waals surface area contributed by atoms with Crippen molar-refractivity contribution in [3.63, 3.8) is 0 Å². The molecule has 2 rings (SSSR count). The molecule has 0 saturated heterocycles. The van der Waals surface area contributed by atoms with E-state index in [1.54, 1.807) is 12.1 Å². The van der Waals surface area contributed by atoms with Gasteiger partial charge in [-0.1, -0.05) is 18.2 Å². The zero-order chi connectivity index (χ0) is 14.5. The number of aryl methyl sites for hydroxylation is 1. The maximum Gasteiger partial charge on any atom is 0.336 e. The lowest BCUT2D eigenvalue weighted by Crippen LogP contribution is -2.02. The summed E-state index contributed by atoms with van der Waals surface area (Å²) in [5.41, 5.74) is 2.23. The monoisotopic (exact) mass is 270 g/mol. The van der Waals surface area contributed by atoms with E-state index in [4.69, 9.17) is 9.15 Å². The van der Waals surface area contributed by atoms with Gasteiger partial charge in [0.2, 0.25) is 0 Å². The summed E-state index contributed by atoms with van der Waals surface area (Å²) in [4.78, 5) is 11.5. The molecule has 1 aromatic heterocycles. The summed E-state index contributed by atoms with van der Waals surface area (Å²) in [6.45, 7) is 9.95. The Morgan fingerprint density at radius 3 is 2.80 bits per heavy atom. The molecule has 0 aliphatic heterocycles. The molecule has 0 N–H and O–H groups in total. The minimum atomic E-state index is -0.352. The van der Waals surface area contributed by atoms with Crippen LogP contribution in [0.2, 0.25) is 0 Å². The van der Waals surface area contributed by atoms with Gasteiger partial charge in [-0.15, -0.1) is 6.58 Å². The van der Waals surface area contributed by atoms with Crippen LogP contribution in [0.4, 0.5) is 0 Å². The van der Waals surface area contributed by atoms with Crippen molar-refractivity contribution in [2.45, 2.75) is 19.8 Å². The highest BCUT2D eigenvalue weighted by atomic mass is 16.5. The molecule has 20 heavy (non-hydrogen) atoms. The van der Waals surface area contributed by atoms with Crippen LogP contribution in [0.15, 0.2) is 58.3 Å². The Labute approximate surface area is 118 Å². The summed E-state index contributed by atoms with van der Waals surface area (Å²) in [5, 5.41) is 0.896. The highest BCUT2D eigenvalue weighted by molar-refractivity contribution is 5.82. The van der Waals surface area contributed by atoms with Gasteiger partial charge in [0.25, 0.3) is 0 Å². The molecule has 0 unspecified atom stereocenters. The molecule has 0 saturated carbocycles. The molecule has 0 atom stereocenters. The van der Waals surface area contributed by atoms with Crippen LogP contribution in [0.1, 0.15) is 18.9 Å². The third-order valence-electron chi connectivity index (χ3n) is 3.01. The Morgan fingerprint density at radius 2 is 2.10 bits per heavy atom. The van der Waals surface area contributed by atoms with E-state index in [1.165, 1.54) is 6.07 Å². The van der Waals surface area contributed by atoms with Gasteiger partial charge in [-0.05, 0) is 38.0 Å². The average molecular weight is 270 g/mol. The first-order chi connectivity index (χ1) is 9.61. The van der Waals surface area contributed by atoms with E-state index in [2.05, 4.69) is 13.2 Å². The molecular weight excluding hydrogens is 252 g/mol. The first-order valence-electron chi connectivity index (χ1n) is 6.55. The number of hydrogen-bond acceptors (Lipinski definition) is 3. The van der Waals surface area contributed by atoms with Crippen LogP contribution in [-0.4, -0.2) is 6.61 Å². The lowest BCUT2D eigenvalue weighted by Gasteiger charge is -2.12. The summed E-state index contributed by atoms with van der Waals surface area (Å²) >= 11 is 0. The molecule has 104 valence electrons. The van der Waals surface area contributed by atoms with Gasteiger partial charge in [0.1, 0.15) is 17.9 Å². The van der Waals surface area contributed by atoms with E-state index in [-0.39, 0.29) is 5.63 Å². The van der Waals surface area contributed by atoms with Crippen molar-refractivity contribution in [3.8, 4) is 5.75 Å². The van der Waals surface area contributed by atoms with E-state index in [0.717, 1.165) is 35.1 Å². The highest BCUT2D eigenvalue weighted by Gasteiger charge is 2.11. The molecule has 2 aromatic rings. The van der Waals surface area contributed by atoms with Crippen molar-refractivity contribution in [1.82, 2.24) is 0 Å². The topological polar surface area (TPSA) is 39.4 Å². The number of allylic oxidation sites excluding steroid dienone is 1. The lowest BCUT2D eigenvalue weighted by atomic mass is 10.0. The van der Waals surface area contributed by atoms with Gasteiger partial charge >= 0.3 is 5.63 Å². The van der Waals surface area contributed by atoms with Crippen LogP contribution in [0.3, 0.4) is 0 Å². The molecule has 0 bridgehead atoms. The van der Waals surface area contributed by atoms with Crippen LogP contribution in [0.5, 0.6) is 5.75 Å². The van der Waals surface area contributed by atoms with Crippen LogP contribution < -0.4 is 10.4 Å². The first-order valence-corrected chi connectivity index (χ1v) is 6.55. The van der Waals surface area contributed by atoms with Gasteiger partial charge < -0.3 is 9.15 Å². The molecule has 3 nitrogen and oxygen atoms in total. The lowest BCUT2D eigenvalue weighted by molar-refractivity contribution is 0.358. The zero-order valence-corrected chi connectivity index (χ0v) is 11.6. The fraction of sp³-hybridized carbons (Fsp3) is 0.235. The average Bonchev–Trinajstić information content (AvgIpc) is 2.42. The Bertz CT molecular complexity index is 695. The minimum Gasteiger partial charge on any atom is -0.489 e. The molecule has 1 aromatic carbocycles. The predicted octanol–water partition coefficient (Wildman–Crippen LogP) is 3.87. The van der Waals surface area contributed by atoms with Gasteiger partial charge in [0, 0.05) is 17.0 Å². The standard InChI is InChI=1S/C17H18O3/c1-4-11-19-15-9-6-13-7-10-16(18)20-17(13)14(15)8-5-12(2)3/h4,6-7,9-10H,1-2,5,8,11H2,3H3. The highest BCUT2D eigenvalue weighted by Crippen LogP contribution is 2.29. The summed E-state index contributed by atoms with van der Waals surface area (Å²) < 4.78 is 11.0. The second-order valence-corrected chi connectivity index (χ2v) is 4.77. The first kappa shape index (κ1) is 14.1. The summed E-state index contributed by atoms with van der Waals surface area (Å²) in [5.74, 6) is 0.730. The van der Waals surface area contributed by atoms with Gasteiger partial charge in [0.15, 0.2) is 0 Å². The fourth-order valence-corrected chi connectivity index (χ4v) is 2.03. The van der Waals surface area contributed by atoms with E-state index >= 15 is 0 Å². The van der Waals surface area contributed by atoms with Gasteiger partial charge in [-0.25, -0.2) is 4.79 Å². The molecule has 3 heteroatoms. The SMILES string of the molecule is C=CCOc1ccc2ccc(=O)oc2c1CCC(=C)C. The second kappa shape index (κ2) is 6.24. The number of fused-ring (bicyclic) bond motifs is 1. The van der Waals surface area contributed by atoms with E-state index in [0.29, 0.717) is 12.2 Å². The van der Waals surface area contributed by atoms with E-state index in [9.17, 15) is 4.79 Å². The summed E-state index contributed by atoms with van der Waals surface area (Å²) in [7, 11) is 0. The van der Waals surface area contributed by atoms with E-state index < -0.39 is 0 Å². The Hall–Kier alpha value is -2.29. The van der Waals surface area contributed by atoms with E-state index in [1.807, 2.05) is 19.1 Å². The number of rotatable bonds is 6. The third kappa shape index (κ3) is 3.18. The molecular formula is C17H18O3. The number of ether oxygens (including phenoxy) is 1. The molecule has 0 radical (unpaired) electrons. The van der Waals surface area contributed by atoms with Crippen molar-refractivity contribution < 1.29 is 9.15 Å². The maximum atomic E-state index is 11.5. The van der Waals surface area contributed by atoms with Crippen molar-refractivity contribution >= 4 is 11.0 Å². The minimum absolute atomic E-state index is 0.352. The number of hydrogen-bond donors (Lipinski definition) is 0. The van der Waals surface area contributed by atoms with Gasteiger partial charge in [0.05, 0.1) is 0 Å². The van der Waals surface area contributed by atoms with Crippen LogP contribution in [0, 0.1) is 0 Å². The number of benzene rings is 1. The largest absolute Gasteiger partial charge is 0.489 e. The quantitative estimate of drug-likeness (QED) is 0.591. The summed E-state index contributed by atoms with van der Waals surface area (Å²) in [6.07, 6.45) is 3.24. The van der Waals surface area contributed by atoms with Crippen LogP contribution in [-0.2, 0) is 6.42 Å².